The lowest BCUT2D eigenvalue weighted by molar-refractivity contribution is 0.139. The number of ether oxygens (including phenoxy) is 1. The number of aliphatic hydroxyl groups excluding tert-OH is 1. The Morgan fingerprint density at radius 3 is 2.31 bits per heavy atom. The molecule has 0 spiro atoms. The van der Waals surface area contributed by atoms with Crippen LogP contribution in [0.15, 0.2) is 78.9 Å². The highest BCUT2D eigenvalue weighted by atomic mass is 16.5. The Morgan fingerprint density at radius 1 is 0.793 bits per heavy atom. The molecule has 0 heterocycles. The molecule has 3 aromatic carbocycles. The molecule has 3 aromatic rings. The Bertz CT molecular complexity index is 891. The molecule has 1 amide bonds. The number of benzene rings is 3. The highest BCUT2D eigenvalue weighted by Crippen LogP contribution is 2.22. The zero-order valence-electron chi connectivity index (χ0n) is 16.5. The number of hydrogen-bond acceptors (Lipinski definition) is 3. The van der Waals surface area contributed by atoms with Crippen molar-refractivity contribution in [3.05, 3.63) is 95.6 Å². The van der Waals surface area contributed by atoms with Gasteiger partial charge in [0.2, 0.25) is 0 Å². The van der Waals surface area contributed by atoms with Gasteiger partial charge in [-0.1, -0.05) is 78.9 Å². The number of aryl methyl sites for hydroxylation is 1. The number of aliphatic hydroxyl groups is 1. The molecule has 0 saturated heterocycles. The van der Waals surface area contributed by atoms with E-state index in [2.05, 4.69) is 29.6 Å². The van der Waals surface area contributed by atoms with E-state index < -0.39 is 0 Å². The van der Waals surface area contributed by atoms with Gasteiger partial charge in [0.1, 0.15) is 6.61 Å². The van der Waals surface area contributed by atoms with E-state index in [0.717, 1.165) is 36.0 Å². The molecule has 0 aliphatic rings. The van der Waals surface area contributed by atoms with Crippen LogP contribution in [0.25, 0.3) is 11.1 Å². The van der Waals surface area contributed by atoms with Crippen LogP contribution in [0.3, 0.4) is 0 Å². The van der Waals surface area contributed by atoms with Gasteiger partial charge in [0.05, 0.1) is 6.61 Å². The fourth-order valence-electron chi connectivity index (χ4n) is 3.13. The van der Waals surface area contributed by atoms with Crippen LogP contribution in [0.1, 0.15) is 29.5 Å². The van der Waals surface area contributed by atoms with Gasteiger partial charge in [0, 0.05) is 6.54 Å². The highest BCUT2D eigenvalue weighted by Gasteiger charge is 2.03. The van der Waals surface area contributed by atoms with Gasteiger partial charge in [-0.3, -0.25) is 0 Å². The van der Waals surface area contributed by atoms with Gasteiger partial charge in [-0.2, -0.15) is 0 Å². The second-order valence-electron chi connectivity index (χ2n) is 7.00. The summed E-state index contributed by atoms with van der Waals surface area (Å²) in [6, 6.07) is 26.1. The predicted molar refractivity (Wildman–Crippen MR) is 115 cm³/mol. The maximum atomic E-state index is 11.7. The van der Waals surface area contributed by atoms with Gasteiger partial charge in [-0.15, -0.1) is 0 Å². The first kappa shape index (κ1) is 20.6. The number of rotatable bonds is 9. The summed E-state index contributed by atoms with van der Waals surface area (Å²) in [5.41, 5.74) is 5.50. The van der Waals surface area contributed by atoms with E-state index in [0.29, 0.717) is 13.2 Å². The number of hydrogen-bond donors (Lipinski definition) is 2. The molecule has 3 rings (SSSR count). The molecular weight excluding hydrogens is 362 g/mol. The van der Waals surface area contributed by atoms with E-state index in [1.165, 1.54) is 11.1 Å². The molecule has 2 N–H and O–H groups in total. The van der Waals surface area contributed by atoms with E-state index in [1.807, 2.05) is 54.6 Å². The van der Waals surface area contributed by atoms with E-state index >= 15 is 0 Å². The summed E-state index contributed by atoms with van der Waals surface area (Å²) in [6.45, 7) is 0.961. The summed E-state index contributed by atoms with van der Waals surface area (Å²) < 4.78 is 5.21. The molecular formula is C25H27NO3. The minimum atomic E-state index is -0.373. The van der Waals surface area contributed by atoms with Crippen molar-refractivity contribution >= 4 is 6.09 Å². The quantitative estimate of drug-likeness (QED) is 0.501. The Morgan fingerprint density at radius 2 is 1.55 bits per heavy atom. The third kappa shape index (κ3) is 6.77. The van der Waals surface area contributed by atoms with Crippen LogP contribution in [-0.4, -0.2) is 17.7 Å². The molecule has 0 aromatic heterocycles. The molecule has 0 aliphatic carbocycles. The molecule has 4 heteroatoms. The third-order valence-corrected chi connectivity index (χ3v) is 4.77. The number of carbonyl (C=O) groups is 1. The van der Waals surface area contributed by atoms with Crippen molar-refractivity contribution in [2.24, 2.45) is 0 Å². The summed E-state index contributed by atoms with van der Waals surface area (Å²) in [5, 5.41) is 12.0. The molecule has 0 fully saturated rings. The lowest BCUT2D eigenvalue weighted by Gasteiger charge is -2.08. The van der Waals surface area contributed by atoms with E-state index in [1.54, 1.807) is 0 Å². The van der Waals surface area contributed by atoms with Crippen molar-refractivity contribution in [1.29, 1.82) is 0 Å². The summed E-state index contributed by atoms with van der Waals surface area (Å²) >= 11 is 0. The first-order valence-corrected chi connectivity index (χ1v) is 9.98. The van der Waals surface area contributed by atoms with Crippen LogP contribution >= 0.6 is 0 Å². The lowest BCUT2D eigenvalue weighted by Crippen LogP contribution is -2.25. The second-order valence-corrected chi connectivity index (χ2v) is 7.00. The van der Waals surface area contributed by atoms with Gasteiger partial charge < -0.3 is 15.2 Å². The smallest absolute Gasteiger partial charge is 0.407 e. The first-order chi connectivity index (χ1) is 14.2. The lowest BCUT2D eigenvalue weighted by atomic mass is 9.99. The van der Waals surface area contributed by atoms with Crippen molar-refractivity contribution in [3.8, 4) is 11.1 Å². The van der Waals surface area contributed by atoms with Crippen molar-refractivity contribution in [1.82, 2.24) is 5.32 Å². The maximum absolute atomic E-state index is 11.7. The van der Waals surface area contributed by atoms with Gasteiger partial charge in [-0.25, -0.2) is 4.79 Å². The highest BCUT2D eigenvalue weighted by molar-refractivity contribution is 5.67. The predicted octanol–water partition coefficient (Wildman–Crippen LogP) is 5.10. The van der Waals surface area contributed by atoms with Crippen molar-refractivity contribution in [2.45, 2.75) is 32.5 Å². The Hall–Kier alpha value is -3.11. The van der Waals surface area contributed by atoms with Crippen LogP contribution in [0, 0.1) is 0 Å². The van der Waals surface area contributed by atoms with Gasteiger partial charge >= 0.3 is 6.09 Å². The largest absolute Gasteiger partial charge is 0.445 e. The Kier molecular flexibility index (Phi) is 7.84. The summed E-state index contributed by atoms with van der Waals surface area (Å²) in [4.78, 5) is 11.7. The molecule has 0 unspecified atom stereocenters. The molecule has 0 aliphatic heterocycles. The van der Waals surface area contributed by atoms with Gasteiger partial charge in [0.15, 0.2) is 0 Å². The monoisotopic (exact) mass is 389 g/mol. The SMILES string of the molecule is O=C(NCCCCc1cccc(-c2ccc(CO)cc2)c1)OCc1ccccc1. The number of alkyl carbamates (subject to hydrolysis) is 1. The Labute approximate surface area is 172 Å². The average Bonchev–Trinajstić information content (AvgIpc) is 2.78. The van der Waals surface area contributed by atoms with Crippen molar-refractivity contribution in [2.75, 3.05) is 6.54 Å². The summed E-state index contributed by atoms with van der Waals surface area (Å²) in [5.74, 6) is 0. The molecule has 0 bridgehead atoms. The third-order valence-electron chi connectivity index (χ3n) is 4.77. The molecule has 150 valence electrons. The van der Waals surface area contributed by atoms with Crippen LogP contribution in [0.5, 0.6) is 0 Å². The van der Waals surface area contributed by atoms with Crippen molar-refractivity contribution in [3.63, 3.8) is 0 Å². The first-order valence-electron chi connectivity index (χ1n) is 9.98. The minimum Gasteiger partial charge on any atom is -0.445 e. The van der Waals surface area contributed by atoms with E-state index in [9.17, 15) is 4.79 Å². The number of nitrogens with one attached hydrogen (secondary N) is 1. The van der Waals surface area contributed by atoms with Crippen LogP contribution < -0.4 is 5.32 Å². The number of unbranched alkanes of at least 4 members (excludes halogenated alkanes) is 1. The molecule has 0 radical (unpaired) electrons. The maximum Gasteiger partial charge on any atom is 0.407 e. The second kappa shape index (κ2) is 11.0. The fraction of sp³-hybridized carbons (Fsp3) is 0.240. The minimum absolute atomic E-state index is 0.0636. The topological polar surface area (TPSA) is 58.6 Å². The Balaban J connectivity index is 1.37. The number of amides is 1. The molecule has 4 nitrogen and oxygen atoms in total. The molecule has 0 saturated carbocycles. The summed E-state index contributed by atoms with van der Waals surface area (Å²) in [6.07, 6.45) is 2.48. The normalized spacial score (nSPS) is 10.5. The van der Waals surface area contributed by atoms with Crippen LogP contribution in [0.2, 0.25) is 0 Å². The number of carbonyl (C=O) groups excluding carboxylic acids is 1. The van der Waals surface area contributed by atoms with Crippen LogP contribution in [0.4, 0.5) is 4.79 Å². The van der Waals surface area contributed by atoms with E-state index in [-0.39, 0.29) is 12.7 Å². The zero-order chi connectivity index (χ0) is 20.3. The molecule has 0 atom stereocenters. The fourth-order valence-corrected chi connectivity index (χ4v) is 3.13. The van der Waals surface area contributed by atoms with E-state index in [4.69, 9.17) is 9.84 Å². The van der Waals surface area contributed by atoms with Gasteiger partial charge in [0.25, 0.3) is 0 Å². The zero-order valence-corrected chi connectivity index (χ0v) is 16.5. The average molecular weight is 389 g/mol. The van der Waals surface area contributed by atoms with Gasteiger partial charge in [-0.05, 0) is 47.1 Å². The van der Waals surface area contributed by atoms with Crippen LogP contribution in [-0.2, 0) is 24.4 Å². The standard InChI is InChI=1S/C25H27NO3/c27-18-21-12-14-23(15-13-21)24-11-6-10-20(17-24)7-4-5-16-26-25(28)29-19-22-8-2-1-3-9-22/h1-3,6,8-15,17,27H,4-5,7,16,18-19H2,(H,26,28). The molecule has 29 heavy (non-hydrogen) atoms. The summed E-state index contributed by atoms with van der Waals surface area (Å²) in [7, 11) is 0. The van der Waals surface area contributed by atoms with Crippen molar-refractivity contribution < 1.29 is 14.6 Å².